The van der Waals surface area contributed by atoms with Crippen molar-refractivity contribution in [3.05, 3.63) is 89.3 Å². The largest absolute Gasteiger partial charge is 0.453 e. The first kappa shape index (κ1) is 23.2. The summed E-state index contributed by atoms with van der Waals surface area (Å²) in [5.74, 6) is -0.154. The van der Waals surface area contributed by atoms with Crippen molar-refractivity contribution in [2.75, 3.05) is 5.32 Å². The third kappa shape index (κ3) is 4.46. The number of aromatic nitrogens is 4. The minimum absolute atomic E-state index is 0.126. The fourth-order valence-electron chi connectivity index (χ4n) is 3.81. The van der Waals surface area contributed by atoms with Gasteiger partial charge in [-0.3, -0.25) is 19.3 Å². The van der Waals surface area contributed by atoms with Crippen LogP contribution in [-0.2, 0) is 0 Å². The van der Waals surface area contributed by atoms with Crippen molar-refractivity contribution in [1.29, 1.82) is 0 Å². The summed E-state index contributed by atoms with van der Waals surface area (Å²) in [6, 6.07) is 12.2. The van der Waals surface area contributed by atoms with Gasteiger partial charge >= 0.3 is 5.76 Å². The molecule has 35 heavy (non-hydrogen) atoms. The molecular formula is C24H17ClIN5O4. The summed E-state index contributed by atoms with van der Waals surface area (Å²) in [5, 5.41) is 7.80. The normalized spacial score (nSPS) is 12.1. The predicted molar refractivity (Wildman–Crippen MR) is 141 cm³/mol. The molecule has 0 bridgehead atoms. The number of nitrogens with zero attached hydrogens (tertiary/aromatic N) is 3. The second-order valence-corrected chi connectivity index (χ2v) is 9.33. The second-order valence-electron chi connectivity index (χ2n) is 7.86. The van der Waals surface area contributed by atoms with Gasteiger partial charge in [-0.1, -0.05) is 28.9 Å². The van der Waals surface area contributed by atoms with E-state index in [0.717, 1.165) is 11.1 Å². The van der Waals surface area contributed by atoms with Crippen molar-refractivity contribution in [2.45, 2.75) is 19.9 Å². The molecule has 4 aromatic heterocycles. The van der Waals surface area contributed by atoms with Gasteiger partial charge < -0.3 is 9.73 Å². The molecule has 0 saturated heterocycles. The van der Waals surface area contributed by atoms with Crippen molar-refractivity contribution >= 4 is 50.8 Å². The molecule has 0 radical (unpaired) electrons. The lowest BCUT2D eigenvalue weighted by atomic mass is 10.0. The minimum Gasteiger partial charge on any atom is -0.453 e. The number of aromatic amines is 1. The van der Waals surface area contributed by atoms with Gasteiger partial charge in [0.15, 0.2) is 5.76 Å². The first-order chi connectivity index (χ1) is 16.8. The van der Waals surface area contributed by atoms with E-state index in [1.165, 1.54) is 0 Å². The van der Waals surface area contributed by atoms with Gasteiger partial charge in [-0.2, -0.15) is 0 Å². The summed E-state index contributed by atoms with van der Waals surface area (Å²) >= 11 is 8.09. The number of hydrogen-bond acceptors (Lipinski definition) is 8. The lowest BCUT2D eigenvalue weighted by molar-refractivity contribution is 0.388. The van der Waals surface area contributed by atoms with Gasteiger partial charge in [0.05, 0.1) is 17.1 Å². The van der Waals surface area contributed by atoms with Crippen molar-refractivity contribution in [3.8, 4) is 23.0 Å². The smallest absolute Gasteiger partial charge is 0.439 e. The molecule has 0 unspecified atom stereocenters. The number of fused-ring (bicyclic) bond motifs is 1. The molecule has 0 aliphatic carbocycles. The van der Waals surface area contributed by atoms with Gasteiger partial charge in [0.25, 0.3) is 0 Å². The van der Waals surface area contributed by atoms with Crippen LogP contribution in [-0.4, -0.2) is 20.1 Å². The Balaban J connectivity index is 1.65. The maximum Gasteiger partial charge on any atom is 0.439 e. The van der Waals surface area contributed by atoms with E-state index >= 15 is 0 Å². The van der Waals surface area contributed by atoms with Crippen LogP contribution in [0.4, 0.5) is 5.69 Å². The average Bonchev–Trinajstić information content (AvgIpc) is 3.29. The minimum atomic E-state index is -0.705. The topological polar surface area (TPSA) is 127 Å². The molecule has 0 aliphatic heterocycles. The van der Waals surface area contributed by atoms with Crippen molar-refractivity contribution in [2.24, 2.45) is 0 Å². The van der Waals surface area contributed by atoms with Crippen LogP contribution in [0.5, 0.6) is 0 Å². The van der Waals surface area contributed by atoms with Crippen LogP contribution in [0.1, 0.15) is 24.1 Å². The summed E-state index contributed by atoms with van der Waals surface area (Å²) in [7, 11) is 0. The number of anilines is 1. The molecule has 5 aromatic rings. The maximum atomic E-state index is 13.3. The first-order valence-electron chi connectivity index (χ1n) is 10.5. The fourth-order valence-corrected chi connectivity index (χ4v) is 4.64. The van der Waals surface area contributed by atoms with Crippen molar-refractivity contribution in [1.82, 2.24) is 20.1 Å². The standard InChI is InChI=1S/C24H17ClIN5O4/c1-11-9-13(12(2)28-15-6-7-17(25)29-19(15)23-30-24(33)35-31-23)21-14(10-11)20(32)18(26)22(34-21)16-5-3-4-8-27-16/h3-10,12,28H,1-2H3,(H,30,31,33)/t12-/m1/s1. The number of aryl methyl sites for hydroxylation is 1. The number of H-pyrrole nitrogens is 1. The molecule has 11 heteroatoms. The molecule has 9 nitrogen and oxygen atoms in total. The van der Waals surface area contributed by atoms with Crippen molar-refractivity contribution in [3.63, 3.8) is 0 Å². The van der Waals surface area contributed by atoms with E-state index in [2.05, 4.69) is 29.9 Å². The molecule has 2 N–H and O–H groups in total. The summed E-state index contributed by atoms with van der Waals surface area (Å²) in [6.45, 7) is 3.85. The summed E-state index contributed by atoms with van der Waals surface area (Å²) < 4.78 is 11.4. The van der Waals surface area contributed by atoms with Crippen LogP contribution in [0.15, 0.2) is 67.2 Å². The summed E-state index contributed by atoms with van der Waals surface area (Å²) in [5.41, 5.74) is 3.45. The van der Waals surface area contributed by atoms with Crippen LogP contribution < -0.4 is 16.5 Å². The van der Waals surface area contributed by atoms with Gasteiger partial charge in [-0.05, 0) is 72.3 Å². The van der Waals surface area contributed by atoms with E-state index in [9.17, 15) is 9.59 Å². The first-order valence-corrected chi connectivity index (χ1v) is 11.9. The molecule has 1 atom stereocenters. The van der Waals surface area contributed by atoms with Crippen LogP contribution in [0.3, 0.4) is 0 Å². The van der Waals surface area contributed by atoms with Crippen LogP contribution in [0, 0.1) is 10.5 Å². The Morgan fingerprint density at radius 2 is 2.00 bits per heavy atom. The lowest BCUT2D eigenvalue weighted by Crippen LogP contribution is -2.13. The maximum absolute atomic E-state index is 13.3. The second kappa shape index (κ2) is 9.27. The number of halogens is 2. The SMILES string of the molecule is Cc1cc([C@@H](C)Nc2ccc(Cl)nc2-c2noc(=O)[nH]2)c2oc(-c3ccccn3)c(I)c(=O)c2c1. The van der Waals surface area contributed by atoms with Crippen molar-refractivity contribution < 1.29 is 8.94 Å². The van der Waals surface area contributed by atoms with Gasteiger partial charge in [0, 0.05) is 11.8 Å². The highest BCUT2D eigenvalue weighted by Crippen LogP contribution is 2.34. The highest BCUT2D eigenvalue weighted by Gasteiger charge is 2.21. The molecule has 5 rings (SSSR count). The number of rotatable bonds is 5. The highest BCUT2D eigenvalue weighted by atomic mass is 127. The molecule has 0 fully saturated rings. The van der Waals surface area contributed by atoms with Crippen LogP contribution >= 0.6 is 34.2 Å². The Kier molecular flexibility index (Phi) is 6.15. The fraction of sp³-hybridized carbons (Fsp3) is 0.125. The van der Waals surface area contributed by atoms with E-state index in [4.69, 9.17) is 16.0 Å². The molecule has 0 amide bonds. The predicted octanol–water partition coefficient (Wildman–Crippen LogP) is 5.33. The van der Waals surface area contributed by atoms with Crippen LogP contribution in [0.25, 0.3) is 33.9 Å². The Bertz CT molecular complexity index is 1680. The monoisotopic (exact) mass is 601 g/mol. The van der Waals surface area contributed by atoms with Gasteiger partial charge in [-0.15, -0.1) is 0 Å². The molecule has 176 valence electrons. The molecule has 4 heterocycles. The summed E-state index contributed by atoms with van der Waals surface area (Å²) in [4.78, 5) is 35.9. The van der Waals surface area contributed by atoms with Gasteiger partial charge in [0.2, 0.25) is 11.3 Å². The number of pyridine rings is 2. The van der Waals surface area contributed by atoms with Gasteiger partial charge in [0.1, 0.15) is 25.7 Å². The van der Waals surface area contributed by atoms with Crippen LogP contribution in [0.2, 0.25) is 5.15 Å². The number of hydrogen-bond donors (Lipinski definition) is 2. The average molecular weight is 602 g/mol. The van der Waals surface area contributed by atoms with E-state index in [-0.39, 0.29) is 22.4 Å². The van der Waals surface area contributed by atoms with E-state index in [1.54, 1.807) is 30.5 Å². The molecule has 0 spiro atoms. The molecule has 0 saturated carbocycles. The molecular weight excluding hydrogens is 585 g/mol. The Labute approximate surface area is 216 Å². The Morgan fingerprint density at radius 3 is 2.71 bits per heavy atom. The van der Waals surface area contributed by atoms with E-state index < -0.39 is 5.76 Å². The zero-order chi connectivity index (χ0) is 24.7. The number of nitrogens with one attached hydrogen (secondary N) is 2. The zero-order valence-electron chi connectivity index (χ0n) is 18.4. The lowest BCUT2D eigenvalue weighted by Gasteiger charge is -2.19. The zero-order valence-corrected chi connectivity index (χ0v) is 21.3. The molecule has 1 aromatic carbocycles. The van der Waals surface area contributed by atoms with E-state index in [1.807, 2.05) is 54.6 Å². The third-order valence-corrected chi connectivity index (χ3v) is 6.56. The highest BCUT2D eigenvalue weighted by molar-refractivity contribution is 14.1. The summed E-state index contributed by atoms with van der Waals surface area (Å²) in [6.07, 6.45) is 1.65. The molecule has 0 aliphatic rings. The Morgan fingerprint density at radius 1 is 1.17 bits per heavy atom. The third-order valence-electron chi connectivity index (χ3n) is 5.37. The number of benzene rings is 1. The Hall–Kier alpha value is -3.51. The quantitative estimate of drug-likeness (QED) is 0.204. The van der Waals surface area contributed by atoms with Gasteiger partial charge in [-0.25, -0.2) is 9.78 Å². The van der Waals surface area contributed by atoms with E-state index in [0.29, 0.717) is 37.4 Å².